The van der Waals surface area contributed by atoms with E-state index in [1.54, 1.807) is 13.1 Å². The molecule has 0 aromatic heterocycles. The van der Waals surface area contributed by atoms with Crippen molar-refractivity contribution in [2.75, 3.05) is 26.5 Å². The summed E-state index contributed by atoms with van der Waals surface area (Å²) in [5.74, 6) is -0.490. The Balaban J connectivity index is 0.00000447. The van der Waals surface area contributed by atoms with E-state index in [1.807, 2.05) is 77.3 Å². The maximum Gasteiger partial charge on any atom is 0.407 e. The average molecular weight is 799 g/mol. The summed E-state index contributed by atoms with van der Waals surface area (Å²) < 4.78 is 5.40. The summed E-state index contributed by atoms with van der Waals surface area (Å²) in [5, 5.41) is 23.3. The largest absolute Gasteiger partial charge is 0.444 e. The molecule has 11 nitrogen and oxygen atoms in total. The van der Waals surface area contributed by atoms with Crippen LogP contribution in [0.25, 0.3) is 0 Å². The zero-order chi connectivity index (χ0) is 41.9. The Hall–Kier alpha value is -4.20. The van der Waals surface area contributed by atoms with E-state index in [-0.39, 0.29) is 37.3 Å². The Kier molecular flexibility index (Phi) is 26.9. The van der Waals surface area contributed by atoms with Gasteiger partial charge in [0.2, 0.25) is 5.91 Å². The van der Waals surface area contributed by atoms with Crippen molar-refractivity contribution in [3.8, 4) is 0 Å². The predicted molar refractivity (Wildman–Crippen MR) is 235 cm³/mol. The molecule has 0 bridgehead atoms. The maximum absolute atomic E-state index is 13.7. The number of hydrogen-bond acceptors (Lipinski definition) is 8. The summed E-state index contributed by atoms with van der Waals surface area (Å²) in [4.78, 5) is 46.2. The fraction of sp³-hybridized carbons (Fsp3) is 0.500. The Morgan fingerprint density at radius 2 is 1.75 bits per heavy atom. The van der Waals surface area contributed by atoms with Gasteiger partial charge in [-0.05, 0) is 63.5 Å². The molecule has 55 heavy (non-hydrogen) atoms. The summed E-state index contributed by atoms with van der Waals surface area (Å²) in [6.45, 7) is 26.7. The van der Waals surface area contributed by atoms with Gasteiger partial charge >= 0.3 is 12.1 Å². The fourth-order valence-corrected chi connectivity index (χ4v) is 5.38. The van der Waals surface area contributed by atoms with Gasteiger partial charge in [-0.25, -0.2) is 9.59 Å². The Labute approximate surface area is 340 Å². The smallest absolute Gasteiger partial charge is 0.407 e. The van der Waals surface area contributed by atoms with Crippen LogP contribution in [0.4, 0.5) is 9.59 Å². The number of nitrogens with one attached hydrogen (secondary N) is 4. The SMILES string of the molecule is C=C/C=C\CC.C=N/C=C(/COC(=O)N[C@@H](Cc1ccccc1)[C@@H](O)C[C@H](CCC(=C)C)NC(=O)C(NC(=O)N(C)CC(=C)NC(=S)C(C)C)C(C)C)SC. The van der Waals surface area contributed by atoms with Crippen LogP contribution >= 0.6 is 24.0 Å². The number of aliphatic hydroxyl groups is 1. The molecule has 0 aliphatic carbocycles. The molecule has 0 aliphatic rings. The van der Waals surface area contributed by atoms with Crippen molar-refractivity contribution in [3.63, 3.8) is 0 Å². The van der Waals surface area contributed by atoms with Gasteiger partial charge in [-0.3, -0.25) is 9.79 Å². The van der Waals surface area contributed by atoms with E-state index in [0.29, 0.717) is 34.9 Å². The molecular formula is C42H66N6O5S2. The number of carbonyl (C=O) groups is 3. The number of allylic oxidation sites excluding steroid dienone is 4. The summed E-state index contributed by atoms with van der Waals surface area (Å²) in [5.41, 5.74) is 2.39. The lowest BCUT2D eigenvalue weighted by Crippen LogP contribution is -2.55. The van der Waals surface area contributed by atoms with E-state index in [2.05, 4.69) is 65.7 Å². The average Bonchev–Trinajstić information content (AvgIpc) is 3.13. The third kappa shape index (κ3) is 23.4. The molecule has 1 unspecified atom stereocenters. The molecule has 0 saturated heterocycles. The second-order valence-corrected chi connectivity index (χ2v) is 15.2. The van der Waals surface area contributed by atoms with E-state index in [1.165, 1.54) is 22.9 Å². The number of nitrogens with zero attached hydrogens (tertiary/aromatic N) is 2. The number of likely N-dealkylation sites (N-methyl/N-ethyl adjacent to an activating group) is 1. The molecule has 0 saturated carbocycles. The Bertz CT molecular complexity index is 1450. The minimum absolute atomic E-state index is 0.00493. The Morgan fingerprint density at radius 1 is 1.09 bits per heavy atom. The van der Waals surface area contributed by atoms with Gasteiger partial charge in [0.1, 0.15) is 12.6 Å². The second-order valence-electron chi connectivity index (χ2n) is 13.8. The monoisotopic (exact) mass is 798 g/mol. The molecular weight excluding hydrogens is 733 g/mol. The summed E-state index contributed by atoms with van der Waals surface area (Å²) in [6, 6.07) is 6.97. The van der Waals surface area contributed by atoms with Crippen LogP contribution in [0.3, 0.4) is 0 Å². The number of rotatable bonds is 23. The number of benzene rings is 1. The van der Waals surface area contributed by atoms with E-state index < -0.39 is 36.4 Å². The molecule has 4 atom stereocenters. The molecule has 0 radical (unpaired) electrons. The highest BCUT2D eigenvalue weighted by Crippen LogP contribution is 2.17. The highest BCUT2D eigenvalue weighted by molar-refractivity contribution is 8.02. The van der Waals surface area contributed by atoms with E-state index in [9.17, 15) is 19.5 Å². The quantitative estimate of drug-likeness (QED) is 0.0328. The number of alkyl carbamates (subject to hydrolysis) is 1. The van der Waals surface area contributed by atoms with Crippen LogP contribution in [0.1, 0.15) is 72.8 Å². The van der Waals surface area contributed by atoms with Gasteiger partial charge in [0.15, 0.2) is 0 Å². The molecule has 4 amide bonds. The van der Waals surface area contributed by atoms with Crippen LogP contribution in [0.2, 0.25) is 0 Å². The second kappa shape index (κ2) is 29.1. The van der Waals surface area contributed by atoms with Gasteiger partial charge in [-0.2, -0.15) is 0 Å². The molecule has 1 aromatic carbocycles. The van der Waals surface area contributed by atoms with Crippen molar-refractivity contribution < 1.29 is 24.2 Å². The molecule has 0 spiro atoms. The van der Waals surface area contributed by atoms with Crippen molar-refractivity contribution in [2.24, 2.45) is 16.8 Å². The van der Waals surface area contributed by atoms with Gasteiger partial charge < -0.3 is 36.0 Å². The fourth-order valence-electron chi connectivity index (χ4n) is 4.87. The number of amides is 4. The summed E-state index contributed by atoms with van der Waals surface area (Å²) in [6.07, 6.45) is 10.1. The highest BCUT2D eigenvalue weighted by atomic mass is 32.2. The van der Waals surface area contributed by atoms with Crippen LogP contribution < -0.4 is 21.3 Å². The number of thioether (sulfide) groups is 1. The van der Waals surface area contributed by atoms with Gasteiger partial charge in [-0.1, -0.05) is 114 Å². The van der Waals surface area contributed by atoms with Gasteiger partial charge in [0.25, 0.3) is 0 Å². The first-order chi connectivity index (χ1) is 26.0. The topological polar surface area (TPSA) is 144 Å². The lowest BCUT2D eigenvalue weighted by Gasteiger charge is -2.31. The van der Waals surface area contributed by atoms with Crippen molar-refractivity contribution in [1.82, 2.24) is 26.2 Å². The first-order valence-corrected chi connectivity index (χ1v) is 20.2. The zero-order valence-corrected chi connectivity index (χ0v) is 35.9. The third-order valence-electron chi connectivity index (χ3n) is 8.04. The van der Waals surface area contributed by atoms with Crippen LogP contribution in [-0.2, 0) is 16.0 Å². The van der Waals surface area contributed by atoms with Gasteiger partial charge in [0.05, 0.1) is 23.7 Å². The van der Waals surface area contributed by atoms with Crippen molar-refractivity contribution in [3.05, 3.63) is 96.2 Å². The molecule has 0 fully saturated rings. The minimum Gasteiger partial charge on any atom is -0.444 e. The molecule has 306 valence electrons. The summed E-state index contributed by atoms with van der Waals surface area (Å²) >= 11 is 6.71. The lowest BCUT2D eigenvalue weighted by molar-refractivity contribution is -0.125. The van der Waals surface area contributed by atoms with E-state index in [0.717, 1.165) is 17.6 Å². The van der Waals surface area contributed by atoms with E-state index >= 15 is 0 Å². The number of carbonyl (C=O) groups excluding carboxylic acids is 3. The first-order valence-electron chi connectivity index (χ1n) is 18.6. The van der Waals surface area contributed by atoms with Crippen LogP contribution in [0, 0.1) is 11.8 Å². The van der Waals surface area contributed by atoms with Gasteiger partial charge in [0, 0.05) is 35.8 Å². The van der Waals surface area contributed by atoms with E-state index in [4.69, 9.17) is 17.0 Å². The van der Waals surface area contributed by atoms with Crippen molar-refractivity contribution in [1.29, 1.82) is 0 Å². The molecule has 0 heterocycles. The third-order valence-corrected chi connectivity index (χ3v) is 9.36. The Morgan fingerprint density at radius 3 is 2.25 bits per heavy atom. The minimum atomic E-state index is -1.05. The van der Waals surface area contributed by atoms with Crippen molar-refractivity contribution in [2.45, 2.75) is 97.9 Å². The number of ether oxygens (including phenoxy) is 1. The zero-order valence-electron chi connectivity index (χ0n) is 34.2. The van der Waals surface area contributed by atoms with Crippen LogP contribution in [-0.4, -0.2) is 90.4 Å². The van der Waals surface area contributed by atoms with Gasteiger partial charge in [-0.15, -0.1) is 18.3 Å². The number of hydrogen-bond donors (Lipinski definition) is 5. The number of aliphatic imine (C=N–C) groups is 1. The summed E-state index contributed by atoms with van der Waals surface area (Å²) in [7, 11) is 1.61. The molecule has 5 N–H and O–H groups in total. The van der Waals surface area contributed by atoms with Crippen LogP contribution in [0.5, 0.6) is 0 Å². The lowest BCUT2D eigenvalue weighted by atomic mass is 9.93. The van der Waals surface area contributed by atoms with Crippen LogP contribution in [0.15, 0.2) is 95.7 Å². The number of thiocarbonyl (C=S) groups is 1. The first kappa shape index (κ1) is 50.8. The number of aliphatic hydroxyl groups excluding tert-OH is 1. The molecule has 13 heteroatoms. The molecule has 1 rings (SSSR count). The molecule has 1 aromatic rings. The standard InChI is InChI=1S/C36H56N6O5S2.C6H10/c1-23(2)16-17-28(39-33(44)32(24(3)4)41-35(45)42(9)21-26(7)38-34(48)25(5)6)19-31(43)30(18-27-14-12-11-13-15-27)40-36(46)47-22-29(49-10)20-37-8;1-3-5-6-4-2/h11-15,20,24-25,28,30-32,43H,1,7-8,16-19,21-22H2,2-6,9-10H3,(H,38,48)(H,39,44)(H,40,46)(H,41,45);3,5-6H,1,4H2,2H3/b29-20-;6-5-/t28-,30-,31-,32?;/m0./s1. The predicted octanol–water partition coefficient (Wildman–Crippen LogP) is 7.71. The maximum atomic E-state index is 13.7. The normalized spacial score (nSPS) is 13.3. The highest BCUT2D eigenvalue weighted by Gasteiger charge is 2.30. The molecule has 0 aliphatic heterocycles. The van der Waals surface area contributed by atoms with Crippen molar-refractivity contribution >= 4 is 53.7 Å². The number of urea groups is 1.